The summed E-state index contributed by atoms with van der Waals surface area (Å²) in [5.41, 5.74) is 0. The number of epoxide rings is 1. The Kier molecular flexibility index (Phi) is 2.60. The molecule has 70 valence electrons. The van der Waals surface area contributed by atoms with Crippen LogP contribution in [-0.2, 0) is 4.74 Å². The minimum absolute atomic E-state index is 0.125. The highest BCUT2D eigenvalue weighted by atomic mass is 16.6. The minimum Gasteiger partial charge on any atom is -0.394 e. The van der Waals surface area contributed by atoms with Crippen LogP contribution < -0.4 is 5.32 Å². The van der Waals surface area contributed by atoms with E-state index >= 15 is 0 Å². The monoisotopic (exact) mass is 172 g/mol. The Morgan fingerprint density at radius 1 is 1.33 bits per heavy atom. The van der Waals surface area contributed by atoms with Crippen molar-refractivity contribution < 1.29 is 9.84 Å². The maximum atomic E-state index is 8.75. The van der Waals surface area contributed by atoms with Crippen LogP contribution in [0.5, 0.6) is 0 Å². The van der Waals surface area contributed by atoms with Gasteiger partial charge < -0.3 is 15.2 Å². The van der Waals surface area contributed by atoms with Gasteiger partial charge in [0.05, 0.1) is 12.7 Å². The average Bonchev–Trinajstić information content (AvgIpc) is 2.85. The normalized spacial score (nSPS) is 36.8. The molecule has 0 radical (unpaired) electrons. The average molecular weight is 172 g/mol. The number of aliphatic hydroxyl groups excluding tert-OH is 1. The van der Waals surface area contributed by atoms with Gasteiger partial charge in [-0.05, 0) is 0 Å². The Morgan fingerprint density at radius 2 is 2.08 bits per heavy atom. The Balaban J connectivity index is 1.66. The van der Waals surface area contributed by atoms with Gasteiger partial charge in [-0.2, -0.15) is 0 Å². The van der Waals surface area contributed by atoms with Crippen LogP contribution in [0.25, 0.3) is 0 Å². The van der Waals surface area contributed by atoms with Crippen LogP contribution in [-0.4, -0.2) is 61.5 Å². The van der Waals surface area contributed by atoms with Crippen molar-refractivity contribution >= 4 is 0 Å². The van der Waals surface area contributed by atoms with Gasteiger partial charge in [0.1, 0.15) is 6.10 Å². The first-order chi connectivity index (χ1) is 5.90. The fraction of sp³-hybridized carbons (Fsp3) is 1.00. The highest BCUT2D eigenvalue weighted by Crippen LogP contribution is 2.22. The molecular formula is C8H16N2O2. The fourth-order valence-electron chi connectivity index (χ4n) is 1.65. The lowest BCUT2D eigenvalue weighted by Crippen LogP contribution is -2.45. The predicted molar refractivity (Wildman–Crippen MR) is 45.1 cm³/mol. The third-order valence-electron chi connectivity index (χ3n) is 2.52. The van der Waals surface area contributed by atoms with E-state index in [9.17, 15) is 0 Å². The van der Waals surface area contributed by atoms with Crippen LogP contribution in [0.2, 0.25) is 0 Å². The molecule has 2 atom stereocenters. The van der Waals surface area contributed by atoms with Gasteiger partial charge in [-0.15, -0.1) is 0 Å². The molecule has 4 heteroatoms. The van der Waals surface area contributed by atoms with Crippen LogP contribution in [0, 0.1) is 0 Å². The molecule has 0 aromatic heterocycles. The third kappa shape index (κ3) is 1.95. The summed E-state index contributed by atoms with van der Waals surface area (Å²) in [6.45, 7) is 5.55. The number of piperazine rings is 1. The van der Waals surface area contributed by atoms with E-state index in [4.69, 9.17) is 9.84 Å². The molecule has 0 aromatic rings. The van der Waals surface area contributed by atoms with Crippen LogP contribution in [0.1, 0.15) is 0 Å². The quantitative estimate of drug-likeness (QED) is 0.517. The Hall–Kier alpha value is -0.160. The molecule has 0 bridgehead atoms. The summed E-state index contributed by atoms with van der Waals surface area (Å²) < 4.78 is 5.26. The number of ether oxygens (including phenoxy) is 1. The molecule has 2 N–H and O–H groups in total. The van der Waals surface area contributed by atoms with Crippen LogP contribution in [0.3, 0.4) is 0 Å². The van der Waals surface area contributed by atoms with Crippen LogP contribution >= 0.6 is 0 Å². The minimum atomic E-state index is 0.125. The first-order valence-electron chi connectivity index (χ1n) is 4.59. The van der Waals surface area contributed by atoms with E-state index < -0.39 is 0 Å². The summed E-state index contributed by atoms with van der Waals surface area (Å²) >= 11 is 0. The fourth-order valence-corrected chi connectivity index (χ4v) is 1.65. The summed E-state index contributed by atoms with van der Waals surface area (Å²) in [7, 11) is 0. The van der Waals surface area contributed by atoms with Gasteiger partial charge in [0.2, 0.25) is 0 Å². The topological polar surface area (TPSA) is 48.0 Å². The molecule has 0 spiro atoms. The Labute approximate surface area is 72.5 Å². The van der Waals surface area contributed by atoms with E-state index in [-0.39, 0.29) is 12.7 Å². The number of hydrogen-bond acceptors (Lipinski definition) is 4. The molecule has 2 unspecified atom stereocenters. The highest BCUT2D eigenvalue weighted by molar-refractivity contribution is 4.87. The number of hydrogen-bond donors (Lipinski definition) is 2. The Morgan fingerprint density at radius 3 is 2.67 bits per heavy atom. The molecule has 4 nitrogen and oxygen atoms in total. The smallest absolute Gasteiger partial charge is 0.108 e. The Bertz CT molecular complexity index is 148. The summed E-state index contributed by atoms with van der Waals surface area (Å²) in [6.07, 6.45) is 0.424. The summed E-state index contributed by atoms with van der Waals surface area (Å²) in [4.78, 5) is 2.39. The molecular weight excluding hydrogens is 156 g/mol. The molecule has 2 saturated heterocycles. The van der Waals surface area contributed by atoms with Crippen molar-refractivity contribution in [2.24, 2.45) is 0 Å². The van der Waals surface area contributed by atoms with Crippen molar-refractivity contribution in [1.82, 2.24) is 10.2 Å². The van der Waals surface area contributed by atoms with Crippen molar-refractivity contribution in [1.29, 1.82) is 0 Å². The standard InChI is InChI=1S/C8H16N2O2/c11-6-8-7(12-8)5-10-3-1-9-2-4-10/h7-9,11H,1-6H2. The van der Waals surface area contributed by atoms with Crippen molar-refractivity contribution in [3.63, 3.8) is 0 Å². The molecule has 0 aromatic carbocycles. The van der Waals surface area contributed by atoms with E-state index in [2.05, 4.69) is 10.2 Å². The molecule has 2 aliphatic rings. The molecule has 2 fully saturated rings. The van der Waals surface area contributed by atoms with Gasteiger partial charge in [0.15, 0.2) is 0 Å². The van der Waals surface area contributed by atoms with Gasteiger partial charge in [0.25, 0.3) is 0 Å². The van der Waals surface area contributed by atoms with Crippen molar-refractivity contribution in [2.45, 2.75) is 12.2 Å². The van der Waals surface area contributed by atoms with E-state index in [0.717, 1.165) is 32.7 Å². The van der Waals surface area contributed by atoms with Gasteiger partial charge in [-0.1, -0.05) is 0 Å². The van der Waals surface area contributed by atoms with Crippen molar-refractivity contribution in [3.8, 4) is 0 Å². The third-order valence-corrected chi connectivity index (χ3v) is 2.52. The molecule has 0 saturated carbocycles. The first kappa shape index (κ1) is 8.44. The van der Waals surface area contributed by atoms with Gasteiger partial charge >= 0.3 is 0 Å². The second kappa shape index (κ2) is 3.70. The SMILES string of the molecule is OCC1OC1CN1CCNCC1. The lowest BCUT2D eigenvalue weighted by atomic mass is 10.3. The van der Waals surface area contributed by atoms with Gasteiger partial charge in [-0.3, -0.25) is 4.90 Å². The van der Waals surface area contributed by atoms with Gasteiger partial charge in [-0.25, -0.2) is 0 Å². The molecule has 2 aliphatic heterocycles. The van der Waals surface area contributed by atoms with Crippen molar-refractivity contribution in [3.05, 3.63) is 0 Å². The first-order valence-corrected chi connectivity index (χ1v) is 4.59. The zero-order valence-corrected chi connectivity index (χ0v) is 7.20. The number of aliphatic hydroxyl groups is 1. The van der Waals surface area contributed by atoms with Crippen LogP contribution in [0.4, 0.5) is 0 Å². The molecule has 12 heavy (non-hydrogen) atoms. The van der Waals surface area contributed by atoms with Crippen molar-refractivity contribution in [2.75, 3.05) is 39.3 Å². The predicted octanol–water partition coefficient (Wildman–Crippen LogP) is -1.35. The zero-order chi connectivity index (χ0) is 8.39. The van der Waals surface area contributed by atoms with E-state index in [0.29, 0.717) is 6.10 Å². The van der Waals surface area contributed by atoms with E-state index in [1.165, 1.54) is 0 Å². The number of nitrogens with one attached hydrogen (secondary N) is 1. The largest absolute Gasteiger partial charge is 0.394 e. The molecule has 2 heterocycles. The number of rotatable bonds is 3. The van der Waals surface area contributed by atoms with E-state index in [1.54, 1.807) is 0 Å². The summed E-state index contributed by atoms with van der Waals surface area (Å²) in [5, 5.41) is 12.1. The van der Waals surface area contributed by atoms with E-state index in [1.807, 2.05) is 0 Å². The molecule has 0 amide bonds. The maximum Gasteiger partial charge on any atom is 0.108 e. The zero-order valence-electron chi connectivity index (χ0n) is 7.20. The molecule has 0 aliphatic carbocycles. The highest BCUT2D eigenvalue weighted by Gasteiger charge is 2.39. The van der Waals surface area contributed by atoms with Gasteiger partial charge in [0, 0.05) is 32.7 Å². The second-order valence-electron chi connectivity index (χ2n) is 3.45. The lowest BCUT2D eigenvalue weighted by molar-refractivity contribution is 0.213. The number of nitrogens with zero attached hydrogens (tertiary/aromatic N) is 1. The maximum absolute atomic E-state index is 8.75. The molecule has 2 rings (SSSR count). The van der Waals surface area contributed by atoms with Crippen LogP contribution in [0.15, 0.2) is 0 Å². The summed E-state index contributed by atoms with van der Waals surface area (Å²) in [6, 6.07) is 0. The lowest BCUT2D eigenvalue weighted by Gasteiger charge is -2.26. The summed E-state index contributed by atoms with van der Waals surface area (Å²) in [5.74, 6) is 0. The second-order valence-corrected chi connectivity index (χ2v) is 3.45.